The van der Waals surface area contributed by atoms with Crippen molar-refractivity contribution in [2.45, 2.75) is 75.6 Å². The summed E-state index contributed by atoms with van der Waals surface area (Å²) in [7, 11) is 0. The number of aromatic nitrogens is 1. The number of ether oxygens (including phenoxy) is 1. The molecule has 1 atom stereocenters. The van der Waals surface area contributed by atoms with Gasteiger partial charge >= 0.3 is 6.18 Å². The second-order valence-corrected chi connectivity index (χ2v) is 9.27. The van der Waals surface area contributed by atoms with Crippen LogP contribution in [0.3, 0.4) is 0 Å². The molecule has 1 aromatic carbocycles. The molecule has 6 heteroatoms. The van der Waals surface area contributed by atoms with Crippen molar-refractivity contribution in [1.82, 2.24) is 10.3 Å². The van der Waals surface area contributed by atoms with E-state index in [-0.39, 0.29) is 23.1 Å². The third-order valence-electron chi connectivity index (χ3n) is 7.10. The van der Waals surface area contributed by atoms with Crippen LogP contribution in [0.2, 0.25) is 0 Å². The number of pyridine rings is 1. The highest BCUT2D eigenvalue weighted by atomic mass is 19.4. The maximum atomic E-state index is 13.3. The molecule has 1 saturated carbocycles. The summed E-state index contributed by atoms with van der Waals surface area (Å²) in [5, 5.41) is 3.27. The van der Waals surface area contributed by atoms with Crippen LogP contribution in [0.25, 0.3) is 0 Å². The molecule has 0 radical (unpaired) electrons. The van der Waals surface area contributed by atoms with Crippen LogP contribution < -0.4 is 5.32 Å². The van der Waals surface area contributed by atoms with E-state index in [0.29, 0.717) is 6.54 Å². The molecule has 2 aliphatic rings. The van der Waals surface area contributed by atoms with Crippen molar-refractivity contribution in [3.63, 3.8) is 0 Å². The molecule has 0 unspecified atom stereocenters. The van der Waals surface area contributed by atoms with Crippen LogP contribution >= 0.6 is 0 Å². The van der Waals surface area contributed by atoms with E-state index in [0.717, 1.165) is 44.8 Å². The summed E-state index contributed by atoms with van der Waals surface area (Å²) in [6, 6.07) is 9.76. The average Bonchev–Trinajstić information content (AvgIpc) is 3.18. The monoisotopic (exact) mass is 432 g/mol. The van der Waals surface area contributed by atoms with E-state index in [1.165, 1.54) is 36.4 Å². The largest absolute Gasteiger partial charge is 0.416 e. The summed E-state index contributed by atoms with van der Waals surface area (Å²) in [4.78, 5) is 3.89. The zero-order valence-electron chi connectivity index (χ0n) is 18.1. The highest BCUT2D eigenvalue weighted by molar-refractivity contribution is 5.31. The van der Waals surface area contributed by atoms with Crippen LogP contribution in [0, 0.1) is 6.92 Å². The van der Waals surface area contributed by atoms with E-state index in [9.17, 15) is 13.2 Å². The molecule has 1 aromatic heterocycles. The van der Waals surface area contributed by atoms with E-state index in [1.807, 2.05) is 0 Å². The summed E-state index contributed by atoms with van der Waals surface area (Å²) in [6.45, 7) is 3.67. The number of nitrogens with zero attached hydrogens (tertiary/aromatic N) is 1. The van der Waals surface area contributed by atoms with Crippen LogP contribution in [0.1, 0.15) is 67.2 Å². The molecule has 31 heavy (non-hydrogen) atoms. The Bertz CT molecular complexity index is 892. The fourth-order valence-corrected chi connectivity index (χ4v) is 5.53. The van der Waals surface area contributed by atoms with Gasteiger partial charge in [-0.2, -0.15) is 13.2 Å². The molecule has 1 aliphatic carbocycles. The number of aryl methyl sites for hydroxylation is 1. The normalized spacial score (nSPS) is 23.4. The van der Waals surface area contributed by atoms with Gasteiger partial charge in [0.1, 0.15) is 0 Å². The third-order valence-corrected chi connectivity index (χ3v) is 7.10. The van der Waals surface area contributed by atoms with Crippen molar-refractivity contribution in [1.29, 1.82) is 0 Å². The average molecular weight is 433 g/mol. The lowest BCUT2D eigenvalue weighted by Gasteiger charge is -2.47. The third kappa shape index (κ3) is 4.96. The molecule has 0 bridgehead atoms. The molecule has 4 rings (SSSR count). The zero-order chi connectivity index (χ0) is 22.0. The number of benzene rings is 1. The second-order valence-electron chi connectivity index (χ2n) is 9.27. The lowest BCUT2D eigenvalue weighted by atomic mass is 9.66. The van der Waals surface area contributed by atoms with Gasteiger partial charge in [0, 0.05) is 31.0 Å². The van der Waals surface area contributed by atoms with Crippen molar-refractivity contribution in [2.24, 2.45) is 0 Å². The summed E-state index contributed by atoms with van der Waals surface area (Å²) in [5.41, 5.74) is 2.11. The van der Waals surface area contributed by atoms with Crippen molar-refractivity contribution < 1.29 is 17.9 Å². The standard InChI is InChI=1S/C25H31F3N2O/c1-19-5-4-6-21(15-19)23(11-14-31-24(18-23)8-2-3-9-24)10-13-30-17-20-16-29-12-7-22(20)25(26,27)28/h4-7,12,15-16,30H,2-3,8-11,13-14,17-18H2,1H3/t23-/m0/s1. The first-order chi connectivity index (χ1) is 14.8. The maximum Gasteiger partial charge on any atom is 0.416 e. The van der Waals surface area contributed by atoms with Gasteiger partial charge in [-0.1, -0.05) is 42.7 Å². The summed E-state index contributed by atoms with van der Waals surface area (Å²) in [6.07, 6.45) is 5.61. The van der Waals surface area contributed by atoms with E-state index in [4.69, 9.17) is 4.74 Å². The number of rotatable bonds is 6. The number of alkyl halides is 3. The molecule has 2 heterocycles. The van der Waals surface area contributed by atoms with E-state index < -0.39 is 11.7 Å². The molecule has 0 amide bonds. The Kier molecular flexibility index (Phi) is 6.40. The van der Waals surface area contributed by atoms with Crippen molar-refractivity contribution >= 4 is 0 Å². The summed E-state index contributed by atoms with van der Waals surface area (Å²) in [5.74, 6) is 0. The number of hydrogen-bond donors (Lipinski definition) is 1. The first-order valence-corrected chi connectivity index (χ1v) is 11.2. The SMILES string of the molecule is Cc1cccc([C@@]2(CCNCc3cnccc3C(F)(F)F)CCOC3(CCCC3)C2)c1. The Morgan fingerprint density at radius 1 is 1.13 bits per heavy atom. The Morgan fingerprint density at radius 3 is 2.68 bits per heavy atom. The van der Waals surface area contributed by atoms with Crippen LogP contribution in [0.5, 0.6) is 0 Å². The molecular formula is C25H31F3N2O. The maximum absolute atomic E-state index is 13.3. The van der Waals surface area contributed by atoms with Gasteiger partial charge in [-0.15, -0.1) is 0 Å². The molecule has 1 saturated heterocycles. The van der Waals surface area contributed by atoms with Crippen molar-refractivity contribution in [3.05, 3.63) is 65.0 Å². The highest BCUT2D eigenvalue weighted by Crippen LogP contribution is 2.50. The predicted octanol–water partition coefficient (Wildman–Crippen LogP) is 5.95. The van der Waals surface area contributed by atoms with E-state index in [2.05, 4.69) is 41.5 Å². The second kappa shape index (κ2) is 8.91. The van der Waals surface area contributed by atoms with Gasteiger partial charge in [-0.05, 0) is 62.8 Å². The quantitative estimate of drug-likeness (QED) is 0.573. The molecule has 1 spiro atoms. The minimum absolute atomic E-state index is 0.0105. The van der Waals surface area contributed by atoms with E-state index >= 15 is 0 Å². The lowest BCUT2D eigenvalue weighted by Crippen LogP contribution is -2.47. The van der Waals surface area contributed by atoms with Crippen LogP contribution in [-0.2, 0) is 22.9 Å². The first kappa shape index (κ1) is 22.3. The molecule has 168 valence electrons. The molecule has 1 aliphatic heterocycles. The van der Waals surface area contributed by atoms with Gasteiger partial charge in [0.15, 0.2) is 0 Å². The van der Waals surface area contributed by atoms with Crippen molar-refractivity contribution in [2.75, 3.05) is 13.2 Å². The van der Waals surface area contributed by atoms with Crippen LogP contribution in [0.4, 0.5) is 13.2 Å². The first-order valence-electron chi connectivity index (χ1n) is 11.2. The highest BCUT2D eigenvalue weighted by Gasteiger charge is 2.47. The van der Waals surface area contributed by atoms with E-state index in [1.54, 1.807) is 0 Å². The lowest BCUT2D eigenvalue weighted by molar-refractivity contribution is -0.138. The van der Waals surface area contributed by atoms with Gasteiger partial charge < -0.3 is 10.1 Å². The van der Waals surface area contributed by atoms with Gasteiger partial charge in [0.2, 0.25) is 0 Å². The summed E-state index contributed by atoms with van der Waals surface area (Å²) >= 11 is 0. The van der Waals surface area contributed by atoms with Gasteiger partial charge in [-0.25, -0.2) is 0 Å². The Labute approximate surface area is 182 Å². The topological polar surface area (TPSA) is 34.2 Å². The molecule has 2 fully saturated rings. The smallest absolute Gasteiger partial charge is 0.375 e. The van der Waals surface area contributed by atoms with Gasteiger partial charge in [-0.3, -0.25) is 4.98 Å². The fraction of sp³-hybridized carbons (Fsp3) is 0.560. The minimum atomic E-state index is -4.36. The Morgan fingerprint density at radius 2 is 1.94 bits per heavy atom. The predicted molar refractivity (Wildman–Crippen MR) is 115 cm³/mol. The van der Waals surface area contributed by atoms with Crippen LogP contribution in [0.15, 0.2) is 42.7 Å². The number of hydrogen-bond acceptors (Lipinski definition) is 3. The van der Waals surface area contributed by atoms with Gasteiger partial charge in [0.25, 0.3) is 0 Å². The fourth-order valence-electron chi connectivity index (χ4n) is 5.53. The Hall–Kier alpha value is -1.92. The number of nitrogens with one attached hydrogen (secondary N) is 1. The van der Waals surface area contributed by atoms with Gasteiger partial charge in [0.05, 0.1) is 11.2 Å². The zero-order valence-corrected chi connectivity index (χ0v) is 18.1. The molecular weight excluding hydrogens is 401 g/mol. The molecule has 2 aromatic rings. The summed E-state index contributed by atoms with van der Waals surface area (Å²) < 4.78 is 46.1. The molecule has 1 N–H and O–H groups in total. The van der Waals surface area contributed by atoms with Crippen molar-refractivity contribution in [3.8, 4) is 0 Å². The molecule has 3 nitrogen and oxygen atoms in total. The minimum Gasteiger partial charge on any atom is -0.375 e. The Balaban J connectivity index is 1.49. The van der Waals surface area contributed by atoms with Crippen LogP contribution in [-0.4, -0.2) is 23.7 Å². The number of halogens is 3.